The fourth-order valence-corrected chi connectivity index (χ4v) is 1.15. The molecule has 0 bridgehead atoms. The molecule has 1 aliphatic rings. The zero-order valence-electron chi connectivity index (χ0n) is 5.76. The van der Waals surface area contributed by atoms with Crippen molar-refractivity contribution in [3.63, 3.8) is 0 Å². The first-order chi connectivity index (χ1) is 4.33. The van der Waals surface area contributed by atoms with Gasteiger partial charge in [-0.2, -0.15) is 0 Å². The highest BCUT2D eigenvalue weighted by atomic mass is 16.5. The molecule has 0 unspecified atom stereocenters. The van der Waals surface area contributed by atoms with Crippen LogP contribution in [0.5, 0.6) is 0 Å². The number of rotatable bonds is 1. The molecule has 0 spiro atoms. The average Bonchev–Trinajstić information content (AvgIpc) is 1.88. The van der Waals surface area contributed by atoms with Gasteiger partial charge in [-0.3, -0.25) is 11.3 Å². The van der Waals surface area contributed by atoms with Crippen LogP contribution in [0.1, 0.15) is 19.8 Å². The van der Waals surface area contributed by atoms with E-state index >= 15 is 0 Å². The van der Waals surface area contributed by atoms with Gasteiger partial charge in [0, 0.05) is 12.6 Å². The normalized spacial score (nSPS) is 36.7. The Balaban J connectivity index is 2.23. The van der Waals surface area contributed by atoms with Gasteiger partial charge in [0.2, 0.25) is 0 Å². The second-order valence-electron chi connectivity index (χ2n) is 2.57. The third kappa shape index (κ3) is 1.93. The molecule has 9 heavy (non-hydrogen) atoms. The average molecular weight is 130 g/mol. The highest BCUT2D eigenvalue weighted by Crippen LogP contribution is 2.11. The molecule has 0 saturated carbocycles. The van der Waals surface area contributed by atoms with Crippen molar-refractivity contribution in [2.45, 2.75) is 31.9 Å². The number of nitrogens with two attached hydrogens (primary N) is 1. The molecule has 3 heteroatoms. The summed E-state index contributed by atoms with van der Waals surface area (Å²) in [4.78, 5) is 0. The van der Waals surface area contributed by atoms with Crippen LogP contribution < -0.4 is 11.3 Å². The van der Waals surface area contributed by atoms with Crippen LogP contribution in [0.15, 0.2) is 0 Å². The Morgan fingerprint density at radius 2 is 2.44 bits per heavy atom. The minimum atomic E-state index is 0.375. The maximum atomic E-state index is 5.31. The zero-order valence-corrected chi connectivity index (χ0v) is 5.76. The Hall–Kier alpha value is -0.120. The Bertz CT molecular complexity index is 87.1. The van der Waals surface area contributed by atoms with Gasteiger partial charge in [0.15, 0.2) is 0 Å². The SMILES string of the molecule is C[C@@H]1C[C@@H](NN)CCO1. The van der Waals surface area contributed by atoms with Gasteiger partial charge in [0.25, 0.3) is 0 Å². The molecule has 0 aromatic carbocycles. The first kappa shape index (κ1) is 6.99. The van der Waals surface area contributed by atoms with E-state index in [0.717, 1.165) is 19.4 Å². The highest BCUT2D eigenvalue weighted by molar-refractivity contribution is 4.71. The van der Waals surface area contributed by atoms with Gasteiger partial charge >= 0.3 is 0 Å². The van der Waals surface area contributed by atoms with E-state index in [9.17, 15) is 0 Å². The van der Waals surface area contributed by atoms with Crippen molar-refractivity contribution in [3.8, 4) is 0 Å². The van der Waals surface area contributed by atoms with E-state index in [-0.39, 0.29) is 0 Å². The first-order valence-electron chi connectivity index (χ1n) is 3.40. The summed E-state index contributed by atoms with van der Waals surface area (Å²) in [7, 11) is 0. The summed E-state index contributed by atoms with van der Waals surface area (Å²) >= 11 is 0. The summed E-state index contributed by atoms with van der Waals surface area (Å²) in [6, 6.07) is 0.466. The summed E-state index contributed by atoms with van der Waals surface area (Å²) in [6.07, 6.45) is 2.46. The fourth-order valence-electron chi connectivity index (χ4n) is 1.15. The quantitative estimate of drug-likeness (QED) is 0.388. The van der Waals surface area contributed by atoms with E-state index in [1.54, 1.807) is 0 Å². The van der Waals surface area contributed by atoms with E-state index < -0.39 is 0 Å². The van der Waals surface area contributed by atoms with Gasteiger partial charge < -0.3 is 4.74 Å². The van der Waals surface area contributed by atoms with Gasteiger partial charge in [-0.1, -0.05) is 0 Å². The van der Waals surface area contributed by atoms with Crippen molar-refractivity contribution >= 4 is 0 Å². The van der Waals surface area contributed by atoms with Gasteiger partial charge in [-0.25, -0.2) is 0 Å². The third-order valence-electron chi connectivity index (χ3n) is 1.72. The van der Waals surface area contributed by atoms with E-state index in [4.69, 9.17) is 10.6 Å². The molecule has 1 saturated heterocycles. The van der Waals surface area contributed by atoms with Crippen LogP contribution in [0.25, 0.3) is 0 Å². The Morgan fingerprint density at radius 3 is 2.89 bits per heavy atom. The maximum absolute atomic E-state index is 5.31. The number of hydrazine groups is 1. The van der Waals surface area contributed by atoms with Crippen molar-refractivity contribution < 1.29 is 4.74 Å². The van der Waals surface area contributed by atoms with Gasteiger partial charge in [0.05, 0.1) is 6.10 Å². The van der Waals surface area contributed by atoms with Crippen molar-refractivity contribution in [1.82, 2.24) is 5.43 Å². The van der Waals surface area contributed by atoms with Crippen molar-refractivity contribution in [1.29, 1.82) is 0 Å². The molecule has 1 rings (SSSR count). The molecule has 0 aromatic rings. The molecule has 1 aliphatic heterocycles. The van der Waals surface area contributed by atoms with Crippen LogP contribution in [-0.4, -0.2) is 18.8 Å². The van der Waals surface area contributed by atoms with Gasteiger partial charge in [0.1, 0.15) is 0 Å². The third-order valence-corrected chi connectivity index (χ3v) is 1.72. The lowest BCUT2D eigenvalue weighted by Crippen LogP contribution is -2.41. The monoisotopic (exact) mass is 130 g/mol. The molecule has 1 heterocycles. The molecule has 54 valence electrons. The summed E-state index contributed by atoms with van der Waals surface area (Å²) in [6.45, 7) is 2.92. The highest BCUT2D eigenvalue weighted by Gasteiger charge is 2.16. The fraction of sp³-hybridized carbons (Fsp3) is 1.00. The Labute approximate surface area is 55.5 Å². The maximum Gasteiger partial charge on any atom is 0.0562 e. The first-order valence-corrected chi connectivity index (χ1v) is 3.40. The predicted molar refractivity (Wildman–Crippen MR) is 35.8 cm³/mol. The standard InChI is InChI=1S/C6H14N2O/c1-5-4-6(8-7)2-3-9-5/h5-6,8H,2-4,7H2,1H3/t5-,6+/m1/s1. The smallest absolute Gasteiger partial charge is 0.0562 e. The Kier molecular flexibility index (Phi) is 2.45. The number of hydrogen-bond acceptors (Lipinski definition) is 3. The summed E-state index contributed by atoms with van der Waals surface area (Å²) in [5, 5.41) is 0. The zero-order chi connectivity index (χ0) is 6.69. The van der Waals surface area contributed by atoms with Crippen LogP contribution in [0.2, 0.25) is 0 Å². The molecular weight excluding hydrogens is 116 g/mol. The van der Waals surface area contributed by atoms with Crippen molar-refractivity contribution in [2.75, 3.05) is 6.61 Å². The van der Waals surface area contributed by atoms with Gasteiger partial charge in [-0.15, -0.1) is 0 Å². The predicted octanol–water partition coefficient (Wildman–Crippen LogP) is 0.0172. The molecule has 3 nitrogen and oxygen atoms in total. The van der Waals surface area contributed by atoms with Crippen molar-refractivity contribution in [3.05, 3.63) is 0 Å². The molecular formula is C6H14N2O. The number of nitrogens with one attached hydrogen (secondary N) is 1. The van der Waals surface area contributed by atoms with Crippen LogP contribution >= 0.6 is 0 Å². The van der Waals surface area contributed by atoms with Gasteiger partial charge in [-0.05, 0) is 19.8 Å². The molecule has 0 aliphatic carbocycles. The van der Waals surface area contributed by atoms with Crippen LogP contribution in [-0.2, 0) is 4.74 Å². The number of hydrogen-bond donors (Lipinski definition) is 2. The summed E-state index contributed by atoms with van der Waals surface area (Å²) in [5.41, 5.74) is 2.75. The molecule has 0 radical (unpaired) electrons. The largest absolute Gasteiger partial charge is 0.378 e. The second-order valence-corrected chi connectivity index (χ2v) is 2.57. The second kappa shape index (κ2) is 3.15. The lowest BCUT2D eigenvalue weighted by molar-refractivity contribution is 0.0134. The van der Waals surface area contributed by atoms with E-state index in [2.05, 4.69) is 12.3 Å². The number of ether oxygens (including phenoxy) is 1. The van der Waals surface area contributed by atoms with E-state index in [1.807, 2.05) is 0 Å². The lowest BCUT2D eigenvalue weighted by Gasteiger charge is -2.26. The molecule has 0 amide bonds. The lowest BCUT2D eigenvalue weighted by atomic mass is 10.1. The molecule has 0 aromatic heterocycles. The van der Waals surface area contributed by atoms with Crippen LogP contribution in [0, 0.1) is 0 Å². The minimum Gasteiger partial charge on any atom is -0.378 e. The topological polar surface area (TPSA) is 47.3 Å². The molecule has 3 N–H and O–H groups in total. The Morgan fingerprint density at radius 1 is 1.67 bits per heavy atom. The van der Waals surface area contributed by atoms with E-state index in [0.29, 0.717) is 12.1 Å². The molecule has 1 fully saturated rings. The van der Waals surface area contributed by atoms with Crippen molar-refractivity contribution in [2.24, 2.45) is 5.84 Å². The summed E-state index contributed by atoms with van der Waals surface area (Å²) in [5.74, 6) is 5.26. The summed E-state index contributed by atoms with van der Waals surface area (Å²) < 4.78 is 5.31. The van der Waals surface area contributed by atoms with Crippen LogP contribution in [0.4, 0.5) is 0 Å². The van der Waals surface area contributed by atoms with E-state index in [1.165, 1.54) is 0 Å². The molecule has 2 atom stereocenters. The van der Waals surface area contributed by atoms with Crippen LogP contribution in [0.3, 0.4) is 0 Å². The minimum absolute atomic E-state index is 0.375.